The molecule has 0 atom stereocenters. The van der Waals surface area contributed by atoms with Crippen LogP contribution in [0.5, 0.6) is 0 Å². The third-order valence-corrected chi connectivity index (χ3v) is 3.71. The van der Waals surface area contributed by atoms with Gasteiger partial charge < -0.3 is 10.6 Å². The highest BCUT2D eigenvalue weighted by atomic mass is 16.2. The molecule has 3 heteroatoms. The molecule has 0 aromatic carbocycles. The first-order valence-electron chi connectivity index (χ1n) is 6.52. The van der Waals surface area contributed by atoms with Gasteiger partial charge in [0, 0.05) is 18.0 Å². The molecule has 1 amide bonds. The van der Waals surface area contributed by atoms with Crippen molar-refractivity contribution in [1.82, 2.24) is 4.90 Å². The highest BCUT2D eigenvalue weighted by molar-refractivity contribution is 5.82. The first kappa shape index (κ1) is 13.5. The zero-order valence-electron chi connectivity index (χ0n) is 11.0. The molecule has 3 nitrogen and oxygen atoms in total. The van der Waals surface area contributed by atoms with E-state index < -0.39 is 0 Å². The molecule has 16 heavy (non-hydrogen) atoms. The van der Waals surface area contributed by atoms with Gasteiger partial charge in [0.15, 0.2) is 0 Å². The molecule has 94 valence electrons. The van der Waals surface area contributed by atoms with Crippen LogP contribution in [0, 0.1) is 5.41 Å². The maximum absolute atomic E-state index is 12.5. The van der Waals surface area contributed by atoms with Crippen LogP contribution < -0.4 is 5.73 Å². The summed E-state index contributed by atoms with van der Waals surface area (Å²) in [4.78, 5) is 14.5. The normalized spacial score (nSPS) is 19.1. The second-order valence-electron chi connectivity index (χ2n) is 5.50. The van der Waals surface area contributed by atoms with Gasteiger partial charge in [-0.3, -0.25) is 4.79 Å². The van der Waals surface area contributed by atoms with E-state index in [-0.39, 0.29) is 11.5 Å². The van der Waals surface area contributed by atoms with Gasteiger partial charge in [-0.1, -0.05) is 19.8 Å². The molecule has 0 bridgehead atoms. The largest absolute Gasteiger partial charge is 0.340 e. The maximum atomic E-state index is 12.5. The Morgan fingerprint density at radius 2 is 1.94 bits per heavy atom. The van der Waals surface area contributed by atoms with E-state index in [4.69, 9.17) is 5.73 Å². The smallest absolute Gasteiger partial charge is 0.228 e. The fraction of sp³-hybridized carbons (Fsp3) is 0.923. The van der Waals surface area contributed by atoms with E-state index in [1.165, 1.54) is 12.8 Å². The predicted octanol–water partition coefficient (Wildman–Crippen LogP) is 2.15. The van der Waals surface area contributed by atoms with Gasteiger partial charge in [-0.15, -0.1) is 0 Å². The van der Waals surface area contributed by atoms with E-state index in [1.54, 1.807) is 0 Å². The molecule has 0 radical (unpaired) electrons. The van der Waals surface area contributed by atoms with Gasteiger partial charge in [-0.05, 0) is 39.7 Å². The van der Waals surface area contributed by atoms with Gasteiger partial charge in [0.2, 0.25) is 5.91 Å². The number of carbonyl (C=O) groups excluding carboxylic acids is 1. The summed E-state index contributed by atoms with van der Waals surface area (Å²) < 4.78 is 0. The lowest BCUT2D eigenvalue weighted by Crippen LogP contribution is -2.45. The summed E-state index contributed by atoms with van der Waals surface area (Å²) in [6.45, 7) is 7.77. The average Bonchev–Trinajstić information content (AvgIpc) is 2.66. The molecule has 1 aliphatic carbocycles. The van der Waals surface area contributed by atoms with Gasteiger partial charge >= 0.3 is 0 Å². The summed E-state index contributed by atoms with van der Waals surface area (Å²) in [6.07, 6.45) is 5.41. The lowest BCUT2D eigenvalue weighted by Gasteiger charge is -2.34. The minimum absolute atomic E-state index is 0.0983. The fourth-order valence-electron chi connectivity index (χ4n) is 2.57. The first-order chi connectivity index (χ1) is 7.51. The highest BCUT2D eigenvalue weighted by Gasteiger charge is 2.39. The minimum atomic E-state index is -0.0983. The molecule has 0 aromatic heterocycles. The number of carbonyl (C=O) groups is 1. The zero-order valence-corrected chi connectivity index (χ0v) is 11.0. The Labute approximate surface area is 99.4 Å². The molecule has 0 aromatic rings. The number of amides is 1. The van der Waals surface area contributed by atoms with E-state index in [9.17, 15) is 4.79 Å². The van der Waals surface area contributed by atoms with Crippen LogP contribution in [-0.2, 0) is 4.79 Å². The molecule has 1 rings (SSSR count). The standard InChI is InChI=1S/C13H26N2O/c1-11(2)15(10-6-9-14)12(16)13(3)7-4-5-8-13/h11H,4-10,14H2,1-3H3. The number of hydrogen-bond acceptors (Lipinski definition) is 2. The van der Waals surface area contributed by atoms with E-state index in [0.29, 0.717) is 12.5 Å². The SMILES string of the molecule is CC(C)N(CCCN)C(=O)C1(C)CCCC1. The predicted molar refractivity (Wildman–Crippen MR) is 67.1 cm³/mol. The molecule has 0 heterocycles. The molecule has 1 saturated carbocycles. The third kappa shape index (κ3) is 2.97. The summed E-state index contributed by atoms with van der Waals surface area (Å²) >= 11 is 0. The fourth-order valence-corrected chi connectivity index (χ4v) is 2.57. The van der Waals surface area contributed by atoms with Crippen LogP contribution in [-0.4, -0.2) is 29.9 Å². The Kier molecular flexibility index (Phi) is 4.78. The zero-order chi connectivity index (χ0) is 12.2. The van der Waals surface area contributed by atoms with Crippen molar-refractivity contribution in [3.8, 4) is 0 Å². The van der Waals surface area contributed by atoms with Crippen LogP contribution >= 0.6 is 0 Å². The second kappa shape index (κ2) is 5.67. The number of nitrogens with two attached hydrogens (primary N) is 1. The van der Waals surface area contributed by atoms with Crippen LogP contribution in [0.4, 0.5) is 0 Å². The lowest BCUT2D eigenvalue weighted by atomic mass is 9.86. The van der Waals surface area contributed by atoms with Crippen molar-refractivity contribution >= 4 is 5.91 Å². The molecule has 1 aliphatic rings. The number of rotatable bonds is 5. The van der Waals surface area contributed by atoms with Gasteiger partial charge in [-0.25, -0.2) is 0 Å². The van der Waals surface area contributed by atoms with Gasteiger partial charge in [0.05, 0.1) is 0 Å². The summed E-state index contributed by atoms with van der Waals surface area (Å²) in [7, 11) is 0. The lowest BCUT2D eigenvalue weighted by molar-refractivity contribution is -0.142. The molecule has 1 fully saturated rings. The van der Waals surface area contributed by atoms with Crippen molar-refractivity contribution in [1.29, 1.82) is 0 Å². The van der Waals surface area contributed by atoms with Crippen molar-refractivity contribution in [2.45, 2.75) is 58.9 Å². The Morgan fingerprint density at radius 1 is 1.38 bits per heavy atom. The Balaban J connectivity index is 2.66. The van der Waals surface area contributed by atoms with Crippen molar-refractivity contribution < 1.29 is 4.79 Å². The molecular formula is C13H26N2O. The van der Waals surface area contributed by atoms with Gasteiger partial charge in [0.25, 0.3) is 0 Å². The quantitative estimate of drug-likeness (QED) is 0.781. The maximum Gasteiger partial charge on any atom is 0.228 e. The Morgan fingerprint density at radius 3 is 2.38 bits per heavy atom. The first-order valence-corrected chi connectivity index (χ1v) is 6.52. The highest BCUT2D eigenvalue weighted by Crippen LogP contribution is 2.39. The minimum Gasteiger partial charge on any atom is -0.340 e. The van der Waals surface area contributed by atoms with Crippen LogP contribution in [0.15, 0.2) is 0 Å². The second-order valence-corrected chi connectivity index (χ2v) is 5.50. The summed E-state index contributed by atoms with van der Waals surface area (Å²) in [5.41, 5.74) is 5.43. The Bertz CT molecular complexity index is 232. The molecule has 0 spiro atoms. The number of hydrogen-bond donors (Lipinski definition) is 1. The monoisotopic (exact) mass is 226 g/mol. The van der Waals surface area contributed by atoms with Crippen molar-refractivity contribution in [2.24, 2.45) is 11.1 Å². The van der Waals surface area contributed by atoms with E-state index >= 15 is 0 Å². The van der Waals surface area contributed by atoms with Crippen LogP contribution in [0.2, 0.25) is 0 Å². The molecule has 0 saturated heterocycles. The summed E-state index contributed by atoms with van der Waals surface area (Å²) in [5.74, 6) is 0.341. The molecule has 2 N–H and O–H groups in total. The van der Waals surface area contributed by atoms with Gasteiger partial charge in [-0.2, -0.15) is 0 Å². The summed E-state index contributed by atoms with van der Waals surface area (Å²) in [5, 5.41) is 0. The molecular weight excluding hydrogens is 200 g/mol. The third-order valence-electron chi connectivity index (χ3n) is 3.71. The topological polar surface area (TPSA) is 46.3 Å². The average molecular weight is 226 g/mol. The van der Waals surface area contributed by atoms with Crippen molar-refractivity contribution in [3.05, 3.63) is 0 Å². The van der Waals surface area contributed by atoms with E-state index in [0.717, 1.165) is 25.8 Å². The van der Waals surface area contributed by atoms with Crippen LogP contribution in [0.1, 0.15) is 52.9 Å². The Hall–Kier alpha value is -0.570. The van der Waals surface area contributed by atoms with Crippen LogP contribution in [0.3, 0.4) is 0 Å². The summed E-state index contributed by atoms with van der Waals surface area (Å²) in [6, 6.07) is 0.288. The van der Waals surface area contributed by atoms with E-state index in [1.807, 2.05) is 4.90 Å². The van der Waals surface area contributed by atoms with Gasteiger partial charge in [0.1, 0.15) is 0 Å². The van der Waals surface area contributed by atoms with Crippen LogP contribution in [0.25, 0.3) is 0 Å². The van der Waals surface area contributed by atoms with Crippen molar-refractivity contribution in [3.63, 3.8) is 0 Å². The molecule has 0 unspecified atom stereocenters. The van der Waals surface area contributed by atoms with E-state index in [2.05, 4.69) is 20.8 Å². The number of nitrogens with zero attached hydrogens (tertiary/aromatic N) is 1. The molecule has 0 aliphatic heterocycles. The van der Waals surface area contributed by atoms with Crippen molar-refractivity contribution in [2.75, 3.05) is 13.1 Å².